The summed E-state index contributed by atoms with van der Waals surface area (Å²) >= 11 is 0. The van der Waals surface area contributed by atoms with Crippen LogP contribution in [0.1, 0.15) is 26.2 Å². The van der Waals surface area contributed by atoms with E-state index < -0.39 is 0 Å². The molecule has 0 bridgehead atoms. The minimum absolute atomic E-state index is 0.904. The predicted molar refractivity (Wildman–Crippen MR) is 45.7 cm³/mol. The lowest BCUT2D eigenvalue weighted by molar-refractivity contribution is 0.480. The molecule has 2 atom stereocenters. The molecule has 0 N–H and O–H groups in total. The lowest BCUT2D eigenvalue weighted by atomic mass is 9.80. The van der Waals surface area contributed by atoms with Crippen molar-refractivity contribution in [2.45, 2.75) is 26.2 Å². The van der Waals surface area contributed by atoms with Crippen molar-refractivity contribution >= 4 is 9.24 Å². The SMILES string of the molecule is CC1CCC1=CCCP. The van der Waals surface area contributed by atoms with Gasteiger partial charge in [0.05, 0.1) is 0 Å². The quantitative estimate of drug-likeness (QED) is 0.410. The molecular weight excluding hydrogens is 127 g/mol. The van der Waals surface area contributed by atoms with Gasteiger partial charge in [0, 0.05) is 0 Å². The molecule has 1 aliphatic rings. The highest BCUT2D eigenvalue weighted by molar-refractivity contribution is 7.16. The van der Waals surface area contributed by atoms with Crippen molar-refractivity contribution in [1.29, 1.82) is 0 Å². The summed E-state index contributed by atoms with van der Waals surface area (Å²) in [7, 11) is 2.76. The van der Waals surface area contributed by atoms with Gasteiger partial charge in [-0.15, -0.1) is 9.24 Å². The van der Waals surface area contributed by atoms with Crippen LogP contribution in [0, 0.1) is 5.92 Å². The summed E-state index contributed by atoms with van der Waals surface area (Å²) in [4.78, 5) is 0. The van der Waals surface area contributed by atoms with Crippen LogP contribution in [0.25, 0.3) is 0 Å². The van der Waals surface area contributed by atoms with Crippen molar-refractivity contribution in [2.24, 2.45) is 5.92 Å². The first kappa shape index (κ1) is 7.28. The molecule has 0 aromatic carbocycles. The molecular formula is C8H15P. The van der Waals surface area contributed by atoms with Gasteiger partial charge in [-0.2, -0.15) is 0 Å². The van der Waals surface area contributed by atoms with Gasteiger partial charge in [0.2, 0.25) is 0 Å². The summed E-state index contributed by atoms with van der Waals surface area (Å²) in [5, 5.41) is 0. The first-order valence-electron chi connectivity index (χ1n) is 3.73. The van der Waals surface area contributed by atoms with Crippen LogP contribution in [-0.4, -0.2) is 6.16 Å². The Morgan fingerprint density at radius 1 is 1.78 bits per heavy atom. The largest absolute Gasteiger partial charge is 0.137 e. The van der Waals surface area contributed by atoms with Crippen LogP contribution in [0.4, 0.5) is 0 Å². The summed E-state index contributed by atoms with van der Waals surface area (Å²) in [5.41, 5.74) is 1.69. The first-order valence-corrected chi connectivity index (χ1v) is 4.55. The molecule has 0 aromatic heterocycles. The van der Waals surface area contributed by atoms with Crippen LogP contribution >= 0.6 is 9.24 Å². The van der Waals surface area contributed by atoms with Gasteiger partial charge in [-0.25, -0.2) is 0 Å². The Labute approximate surface area is 59.9 Å². The third-order valence-corrected chi connectivity index (χ3v) is 2.41. The molecule has 1 heteroatoms. The molecule has 2 unspecified atom stereocenters. The van der Waals surface area contributed by atoms with E-state index in [0.29, 0.717) is 0 Å². The van der Waals surface area contributed by atoms with Crippen LogP contribution in [0.15, 0.2) is 11.6 Å². The molecule has 1 fully saturated rings. The summed E-state index contributed by atoms with van der Waals surface area (Å²) in [6.07, 6.45) is 7.66. The molecule has 0 aromatic rings. The Bertz CT molecular complexity index is 116. The maximum atomic E-state index is 2.76. The third kappa shape index (κ3) is 1.79. The first-order chi connectivity index (χ1) is 4.34. The second-order valence-electron chi connectivity index (χ2n) is 2.80. The highest BCUT2D eigenvalue weighted by atomic mass is 31.0. The Morgan fingerprint density at radius 3 is 2.89 bits per heavy atom. The molecule has 0 nitrogen and oxygen atoms in total. The predicted octanol–water partition coefficient (Wildman–Crippen LogP) is 2.61. The second-order valence-corrected chi connectivity index (χ2v) is 3.37. The molecule has 52 valence electrons. The standard InChI is InChI=1S/C8H15P/c1-7-4-5-8(7)3-2-6-9/h3,7H,2,4-6,9H2,1H3. The van der Waals surface area contributed by atoms with Crippen LogP contribution in [-0.2, 0) is 0 Å². The van der Waals surface area contributed by atoms with Crippen molar-refractivity contribution in [3.8, 4) is 0 Å². The molecule has 0 spiro atoms. The normalized spacial score (nSPS) is 30.4. The average molecular weight is 142 g/mol. The molecule has 0 aliphatic heterocycles. The monoisotopic (exact) mass is 142 g/mol. The highest BCUT2D eigenvalue weighted by Crippen LogP contribution is 2.32. The van der Waals surface area contributed by atoms with E-state index in [-0.39, 0.29) is 0 Å². The van der Waals surface area contributed by atoms with Gasteiger partial charge in [-0.3, -0.25) is 0 Å². The Morgan fingerprint density at radius 2 is 2.56 bits per heavy atom. The van der Waals surface area contributed by atoms with Gasteiger partial charge in [-0.1, -0.05) is 18.6 Å². The van der Waals surface area contributed by atoms with Crippen LogP contribution in [0.3, 0.4) is 0 Å². The van der Waals surface area contributed by atoms with Crippen molar-refractivity contribution in [3.05, 3.63) is 11.6 Å². The minimum Gasteiger partial charge on any atom is -0.137 e. The van der Waals surface area contributed by atoms with Crippen LogP contribution in [0.5, 0.6) is 0 Å². The zero-order chi connectivity index (χ0) is 6.69. The van der Waals surface area contributed by atoms with E-state index in [1.807, 2.05) is 0 Å². The van der Waals surface area contributed by atoms with Crippen molar-refractivity contribution < 1.29 is 0 Å². The van der Waals surface area contributed by atoms with Gasteiger partial charge in [0.15, 0.2) is 0 Å². The highest BCUT2D eigenvalue weighted by Gasteiger charge is 2.17. The fraction of sp³-hybridized carbons (Fsp3) is 0.750. The van der Waals surface area contributed by atoms with Gasteiger partial charge >= 0.3 is 0 Å². The van der Waals surface area contributed by atoms with E-state index in [2.05, 4.69) is 22.2 Å². The zero-order valence-electron chi connectivity index (χ0n) is 6.06. The lowest BCUT2D eigenvalue weighted by Gasteiger charge is -2.25. The van der Waals surface area contributed by atoms with E-state index in [9.17, 15) is 0 Å². The van der Waals surface area contributed by atoms with Gasteiger partial charge in [0.25, 0.3) is 0 Å². The van der Waals surface area contributed by atoms with E-state index in [0.717, 1.165) is 5.92 Å². The second kappa shape index (κ2) is 3.37. The summed E-state index contributed by atoms with van der Waals surface area (Å²) in [5.74, 6) is 0.904. The van der Waals surface area contributed by atoms with E-state index >= 15 is 0 Å². The van der Waals surface area contributed by atoms with Gasteiger partial charge < -0.3 is 0 Å². The Kier molecular flexibility index (Phi) is 2.72. The molecule has 0 amide bonds. The Hall–Kier alpha value is 0.170. The molecule has 1 rings (SSSR count). The molecule has 0 saturated heterocycles. The number of hydrogen-bond acceptors (Lipinski definition) is 0. The zero-order valence-corrected chi connectivity index (χ0v) is 7.22. The molecule has 9 heavy (non-hydrogen) atoms. The number of rotatable bonds is 2. The average Bonchev–Trinajstić information content (AvgIpc) is 1.86. The number of hydrogen-bond donors (Lipinski definition) is 0. The van der Waals surface area contributed by atoms with Gasteiger partial charge in [-0.05, 0) is 31.3 Å². The van der Waals surface area contributed by atoms with Crippen molar-refractivity contribution in [2.75, 3.05) is 6.16 Å². The minimum atomic E-state index is 0.904. The van der Waals surface area contributed by atoms with E-state index in [1.165, 1.54) is 25.4 Å². The maximum absolute atomic E-state index is 2.76. The fourth-order valence-corrected chi connectivity index (χ4v) is 1.34. The topological polar surface area (TPSA) is 0 Å². The molecule has 0 heterocycles. The summed E-state index contributed by atoms with van der Waals surface area (Å²) in [6.45, 7) is 2.32. The van der Waals surface area contributed by atoms with Crippen LogP contribution < -0.4 is 0 Å². The van der Waals surface area contributed by atoms with Crippen LogP contribution in [0.2, 0.25) is 0 Å². The van der Waals surface area contributed by atoms with E-state index in [4.69, 9.17) is 0 Å². The van der Waals surface area contributed by atoms with Crippen molar-refractivity contribution in [1.82, 2.24) is 0 Å². The summed E-state index contributed by atoms with van der Waals surface area (Å²) in [6, 6.07) is 0. The van der Waals surface area contributed by atoms with Crippen molar-refractivity contribution in [3.63, 3.8) is 0 Å². The third-order valence-electron chi connectivity index (χ3n) is 2.07. The molecule has 1 aliphatic carbocycles. The summed E-state index contributed by atoms with van der Waals surface area (Å²) < 4.78 is 0. The Balaban J connectivity index is 2.24. The lowest BCUT2D eigenvalue weighted by Crippen LogP contribution is -2.10. The van der Waals surface area contributed by atoms with Gasteiger partial charge in [0.1, 0.15) is 0 Å². The maximum Gasteiger partial charge on any atom is -0.0229 e. The molecule has 0 radical (unpaired) electrons. The smallest absolute Gasteiger partial charge is 0.0229 e. The van der Waals surface area contributed by atoms with E-state index in [1.54, 1.807) is 5.57 Å². The molecule has 1 saturated carbocycles. The fourth-order valence-electron chi connectivity index (χ4n) is 1.17. The number of allylic oxidation sites excluding steroid dienone is 2.